The van der Waals surface area contributed by atoms with Gasteiger partial charge in [0, 0.05) is 24.0 Å². The van der Waals surface area contributed by atoms with E-state index < -0.39 is 12.6 Å². The highest BCUT2D eigenvalue weighted by Gasteiger charge is 2.26. The van der Waals surface area contributed by atoms with Gasteiger partial charge in [0.1, 0.15) is 17.8 Å². The van der Waals surface area contributed by atoms with Gasteiger partial charge >= 0.3 is 0 Å². The Balaban J connectivity index is 1.97. The zero-order chi connectivity index (χ0) is 18.0. The van der Waals surface area contributed by atoms with E-state index in [-0.39, 0.29) is 23.9 Å². The van der Waals surface area contributed by atoms with Gasteiger partial charge in [0.25, 0.3) is 6.43 Å². The Kier molecular flexibility index (Phi) is 4.73. The Morgan fingerprint density at radius 2 is 2.16 bits per heavy atom. The first-order valence-electron chi connectivity index (χ1n) is 7.70. The van der Waals surface area contributed by atoms with Gasteiger partial charge in [-0.1, -0.05) is 12.1 Å². The zero-order valence-corrected chi connectivity index (χ0v) is 13.2. The molecular weight excluding hydrogens is 333 g/mol. The maximum absolute atomic E-state index is 13.5. The summed E-state index contributed by atoms with van der Waals surface area (Å²) in [6.07, 6.45) is -2.14. The maximum atomic E-state index is 13.5. The van der Waals surface area contributed by atoms with Crippen molar-refractivity contribution >= 4 is 29.5 Å². The number of halogens is 3. The molecule has 2 heterocycles. The molecule has 0 amide bonds. The highest BCUT2D eigenvalue weighted by Crippen LogP contribution is 2.30. The summed E-state index contributed by atoms with van der Waals surface area (Å²) in [5, 5.41) is 10.6. The molecule has 9 heteroatoms. The third-order valence-corrected chi connectivity index (χ3v) is 3.92. The normalized spacial score (nSPS) is 17.1. The number of aromatic nitrogens is 2. The van der Waals surface area contributed by atoms with Crippen LogP contribution in [0.4, 0.5) is 36.4 Å². The third kappa shape index (κ3) is 3.65. The Hall–Kier alpha value is -2.84. The Morgan fingerprint density at radius 3 is 2.80 bits per heavy atom. The molecule has 4 N–H and O–H groups in total. The van der Waals surface area contributed by atoms with Crippen LogP contribution in [-0.2, 0) is 0 Å². The summed E-state index contributed by atoms with van der Waals surface area (Å²) in [5.74, 6) is 0.525. The zero-order valence-electron chi connectivity index (χ0n) is 13.2. The van der Waals surface area contributed by atoms with E-state index in [0.717, 1.165) is 6.21 Å². The van der Waals surface area contributed by atoms with Gasteiger partial charge in [-0.25, -0.2) is 13.2 Å². The van der Waals surface area contributed by atoms with E-state index in [4.69, 9.17) is 11.1 Å². The minimum atomic E-state index is -2.60. The molecule has 1 unspecified atom stereocenters. The molecule has 0 spiro atoms. The van der Waals surface area contributed by atoms with Crippen molar-refractivity contribution in [1.82, 2.24) is 9.97 Å². The number of rotatable bonds is 5. The van der Waals surface area contributed by atoms with E-state index >= 15 is 0 Å². The molecule has 0 bridgehead atoms. The molecule has 1 aromatic carbocycles. The number of benzene rings is 1. The highest BCUT2D eigenvalue weighted by molar-refractivity contribution is 5.92. The molecule has 6 nitrogen and oxygen atoms in total. The molecule has 2 aromatic rings. The molecule has 0 saturated carbocycles. The second-order valence-electron chi connectivity index (χ2n) is 5.70. The van der Waals surface area contributed by atoms with Gasteiger partial charge < -0.3 is 21.4 Å². The van der Waals surface area contributed by atoms with Crippen molar-refractivity contribution < 1.29 is 13.2 Å². The van der Waals surface area contributed by atoms with Crippen LogP contribution >= 0.6 is 0 Å². The summed E-state index contributed by atoms with van der Waals surface area (Å²) < 4.78 is 39.2. The topological polar surface area (TPSA) is 90.9 Å². The largest absolute Gasteiger partial charge is 0.368 e. The van der Waals surface area contributed by atoms with E-state index in [1.807, 2.05) is 0 Å². The minimum Gasteiger partial charge on any atom is -0.368 e. The average molecular weight is 350 g/mol. The van der Waals surface area contributed by atoms with Crippen molar-refractivity contribution in [3.63, 3.8) is 0 Å². The molecule has 1 aromatic heterocycles. The van der Waals surface area contributed by atoms with Gasteiger partial charge in [-0.3, -0.25) is 0 Å². The molecule has 1 saturated heterocycles. The number of nitrogens with two attached hydrogens (primary N) is 1. The minimum absolute atomic E-state index is 0.0459. The van der Waals surface area contributed by atoms with Crippen molar-refractivity contribution in [1.29, 1.82) is 5.41 Å². The fourth-order valence-electron chi connectivity index (χ4n) is 2.74. The van der Waals surface area contributed by atoms with Gasteiger partial charge in [0.05, 0.1) is 12.1 Å². The summed E-state index contributed by atoms with van der Waals surface area (Å²) in [6, 6.07) is 5.71. The lowest BCUT2D eigenvalue weighted by atomic mass is 10.2. The molecule has 25 heavy (non-hydrogen) atoms. The van der Waals surface area contributed by atoms with Gasteiger partial charge in [-0.2, -0.15) is 9.97 Å². The fourth-order valence-corrected chi connectivity index (χ4v) is 2.74. The first kappa shape index (κ1) is 17.0. The van der Waals surface area contributed by atoms with Gasteiger partial charge in [-0.15, -0.1) is 0 Å². The van der Waals surface area contributed by atoms with Crippen molar-refractivity contribution in [2.75, 3.05) is 29.0 Å². The van der Waals surface area contributed by atoms with E-state index in [1.54, 1.807) is 11.0 Å². The van der Waals surface area contributed by atoms with Gasteiger partial charge in [0.15, 0.2) is 0 Å². The van der Waals surface area contributed by atoms with Gasteiger partial charge in [-0.05, 0) is 18.6 Å². The number of hydrogen-bond donors (Lipinski definition) is 3. The van der Waals surface area contributed by atoms with Crippen molar-refractivity contribution in [2.45, 2.75) is 19.0 Å². The van der Waals surface area contributed by atoms with Crippen molar-refractivity contribution in [3.05, 3.63) is 35.4 Å². The second kappa shape index (κ2) is 6.96. The number of hydrogen-bond acceptors (Lipinski definition) is 6. The standard InChI is InChI=1S/C16H17F3N6/c17-10-4-5-25(8-10)15-12(7-20)14(23-16(21)24-15)22-11-3-1-2-9(6-11)13(18)19/h1-3,6-7,10,13,20H,4-5,8H2,(H3,21,22,23,24). The number of alkyl halides is 3. The van der Waals surface area contributed by atoms with Crippen LogP contribution < -0.4 is 16.0 Å². The lowest BCUT2D eigenvalue weighted by Gasteiger charge is -2.21. The Morgan fingerprint density at radius 1 is 1.36 bits per heavy atom. The maximum Gasteiger partial charge on any atom is 0.263 e. The molecule has 3 rings (SSSR count). The number of anilines is 4. The molecule has 132 valence electrons. The van der Waals surface area contributed by atoms with E-state index in [0.29, 0.717) is 30.0 Å². The molecule has 1 atom stereocenters. The summed E-state index contributed by atoms with van der Waals surface area (Å²) in [7, 11) is 0. The summed E-state index contributed by atoms with van der Waals surface area (Å²) in [5.41, 5.74) is 6.31. The van der Waals surface area contributed by atoms with Crippen LogP contribution in [0.3, 0.4) is 0 Å². The average Bonchev–Trinajstić information content (AvgIpc) is 3.01. The van der Waals surface area contributed by atoms with Crippen LogP contribution in [0.5, 0.6) is 0 Å². The molecule has 0 aliphatic carbocycles. The molecular formula is C16H17F3N6. The smallest absolute Gasteiger partial charge is 0.263 e. The SMILES string of the molecule is N=Cc1c(Nc2cccc(C(F)F)c2)nc(N)nc1N1CCC(F)C1. The fraction of sp³-hybridized carbons (Fsp3) is 0.312. The Labute approximate surface area is 142 Å². The molecule has 1 aliphatic rings. The summed E-state index contributed by atoms with van der Waals surface area (Å²) in [4.78, 5) is 9.88. The van der Waals surface area contributed by atoms with Crippen LogP contribution in [-0.4, -0.2) is 35.4 Å². The molecule has 1 fully saturated rings. The predicted octanol–water partition coefficient (Wildman–Crippen LogP) is 3.29. The first-order chi connectivity index (χ1) is 12.0. The van der Waals surface area contributed by atoms with Crippen LogP contribution in [0.1, 0.15) is 24.0 Å². The predicted molar refractivity (Wildman–Crippen MR) is 90.7 cm³/mol. The number of nitrogens with one attached hydrogen (secondary N) is 2. The van der Waals surface area contributed by atoms with Crippen LogP contribution in [0.15, 0.2) is 24.3 Å². The second-order valence-corrected chi connectivity index (χ2v) is 5.70. The quantitative estimate of drug-likeness (QED) is 0.720. The first-order valence-corrected chi connectivity index (χ1v) is 7.70. The van der Waals surface area contributed by atoms with E-state index in [2.05, 4.69) is 15.3 Å². The Bertz CT molecular complexity index is 782. The van der Waals surface area contributed by atoms with E-state index in [9.17, 15) is 13.2 Å². The monoisotopic (exact) mass is 350 g/mol. The lowest BCUT2D eigenvalue weighted by molar-refractivity contribution is 0.151. The summed E-state index contributed by atoms with van der Waals surface area (Å²) >= 11 is 0. The molecule has 0 radical (unpaired) electrons. The van der Waals surface area contributed by atoms with Crippen molar-refractivity contribution in [3.8, 4) is 0 Å². The van der Waals surface area contributed by atoms with Crippen LogP contribution in [0.25, 0.3) is 0 Å². The van der Waals surface area contributed by atoms with Crippen LogP contribution in [0.2, 0.25) is 0 Å². The van der Waals surface area contributed by atoms with Crippen molar-refractivity contribution in [2.24, 2.45) is 0 Å². The van der Waals surface area contributed by atoms with E-state index in [1.165, 1.54) is 18.2 Å². The highest BCUT2D eigenvalue weighted by atomic mass is 19.3. The third-order valence-electron chi connectivity index (χ3n) is 3.92. The number of nitrogens with zero attached hydrogens (tertiary/aromatic N) is 3. The number of nitrogen functional groups attached to an aromatic ring is 1. The van der Waals surface area contributed by atoms with Gasteiger partial charge in [0.2, 0.25) is 5.95 Å². The van der Waals surface area contributed by atoms with Crippen LogP contribution in [0, 0.1) is 5.41 Å². The lowest BCUT2D eigenvalue weighted by Crippen LogP contribution is -2.24. The molecule has 1 aliphatic heterocycles. The summed E-state index contributed by atoms with van der Waals surface area (Å²) in [6.45, 7) is 0.621.